The van der Waals surface area contributed by atoms with E-state index in [0.717, 1.165) is 5.56 Å². The molecule has 0 fully saturated rings. The first-order valence-electron chi connectivity index (χ1n) is 7.43. The third-order valence-electron chi connectivity index (χ3n) is 3.09. The predicted molar refractivity (Wildman–Crippen MR) is 96.2 cm³/mol. The average Bonchev–Trinajstić information content (AvgIpc) is 2.47. The smallest absolute Gasteiger partial charge is 0.339 e. The van der Waals surface area contributed by atoms with E-state index in [4.69, 9.17) is 4.74 Å². The zero-order valence-corrected chi connectivity index (χ0v) is 15.6. The van der Waals surface area contributed by atoms with Crippen molar-refractivity contribution < 1.29 is 14.3 Å². The Hall–Kier alpha value is -2.21. The van der Waals surface area contributed by atoms with Gasteiger partial charge in [-0.25, -0.2) is 9.78 Å². The number of halogens is 1. The molecule has 0 saturated carbocycles. The lowest BCUT2D eigenvalue weighted by Gasteiger charge is -2.20. The van der Waals surface area contributed by atoms with E-state index in [1.165, 1.54) is 0 Å². The molecule has 0 unspecified atom stereocenters. The van der Waals surface area contributed by atoms with Gasteiger partial charge < -0.3 is 10.1 Å². The number of amides is 1. The van der Waals surface area contributed by atoms with E-state index in [1.807, 2.05) is 13.0 Å². The van der Waals surface area contributed by atoms with Crippen molar-refractivity contribution in [2.75, 3.05) is 5.32 Å². The van der Waals surface area contributed by atoms with Crippen LogP contribution in [-0.2, 0) is 4.74 Å². The molecule has 0 aliphatic heterocycles. The number of rotatable bonds is 3. The fourth-order valence-corrected chi connectivity index (χ4v) is 2.37. The SMILES string of the molecule is Cc1cccnc1NC(=O)c1cc(Br)ccc1C(=O)OC(C)(C)C. The van der Waals surface area contributed by atoms with Gasteiger partial charge in [-0.15, -0.1) is 0 Å². The molecule has 2 rings (SSSR count). The lowest BCUT2D eigenvalue weighted by atomic mass is 10.1. The maximum Gasteiger partial charge on any atom is 0.339 e. The van der Waals surface area contributed by atoms with Gasteiger partial charge in [0, 0.05) is 10.7 Å². The van der Waals surface area contributed by atoms with E-state index in [-0.39, 0.29) is 11.1 Å². The maximum atomic E-state index is 12.6. The van der Waals surface area contributed by atoms with Gasteiger partial charge in [0.15, 0.2) is 0 Å². The zero-order valence-electron chi connectivity index (χ0n) is 14.0. The van der Waals surface area contributed by atoms with Crippen molar-refractivity contribution in [3.8, 4) is 0 Å². The van der Waals surface area contributed by atoms with Crippen LogP contribution in [-0.4, -0.2) is 22.5 Å². The quantitative estimate of drug-likeness (QED) is 0.790. The number of aryl methyl sites for hydroxylation is 1. The van der Waals surface area contributed by atoms with Crippen LogP contribution in [0.4, 0.5) is 5.82 Å². The Morgan fingerprint density at radius 1 is 1.17 bits per heavy atom. The highest BCUT2D eigenvalue weighted by Gasteiger charge is 2.23. The standard InChI is InChI=1S/C18H19BrN2O3/c1-11-6-5-9-20-15(11)21-16(22)14-10-12(19)7-8-13(14)17(23)24-18(2,3)4/h5-10H,1-4H3,(H,20,21,22). The number of nitrogens with zero attached hydrogens (tertiary/aromatic N) is 1. The van der Waals surface area contributed by atoms with E-state index in [0.29, 0.717) is 10.3 Å². The summed E-state index contributed by atoms with van der Waals surface area (Å²) < 4.78 is 6.07. The van der Waals surface area contributed by atoms with Gasteiger partial charge in [0.2, 0.25) is 0 Å². The molecule has 1 aromatic heterocycles. The number of anilines is 1. The number of hydrogen-bond acceptors (Lipinski definition) is 4. The van der Waals surface area contributed by atoms with Crippen LogP contribution in [0.5, 0.6) is 0 Å². The summed E-state index contributed by atoms with van der Waals surface area (Å²) in [4.78, 5) is 29.2. The van der Waals surface area contributed by atoms with E-state index < -0.39 is 17.5 Å². The van der Waals surface area contributed by atoms with Crippen LogP contribution >= 0.6 is 15.9 Å². The molecule has 0 radical (unpaired) electrons. The number of carbonyl (C=O) groups excluding carboxylic acids is 2. The second-order valence-electron chi connectivity index (χ2n) is 6.31. The highest BCUT2D eigenvalue weighted by molar-refractivity contribution is 9.10. The first kappa shape index (κ1) is 18.1. The first-order valence-corrected chi connectivity index (χ1v) is 8.22. The third kappa shape index (κ3) is 4.64. The number of benzene rings is 1. The van der Waals surface area contributed by atoms with Crippen molar-refractivity contribution in [2.24, 2.45) is 0 Å². The molecule has 6 heteroatoms. The van der Waals surface area contributed by atoms with Gasteiger partial charge in [-0.3, -0.25) is 4.79 Å². The van der Waals surface area contributed by atoms with Crippen molar-refractivity contribution in [3.05, 3.63) is 57.7 Å². The molecule has 0 saturated heterocycles. The minimum atomic E-state index is -0.643. The molecular weight excluding hydrogens is 372 g/mol. The van der Waals surface area contributed by atoms with Gasteiger partial charge in [-0.2, -0.15) is 0 Å². The zero-order chi connectivity index (χ0) is 17.9. The number of carbonyl (C=O) groups is 2. The average molecular weight is 391 g/mol. The summed E-state index contributed by atoms with van der Waals surface area (Å²) in [6, 6.07) is 8.49. The number of hydrogen-bond donors (Lipinski definition) is 1. The Balaban J connectivity index is 2.35. The second kappa shape index (κ2) is 7.13. The van der Waals surface area contributed by atoms with Crippen molar-refractivity contribution in [1.82, 2.24) is 4.98 Å². The van der Waals surface area contributed by atoms with Gasteiger partial charge in [-0.1, -0.05) is 22.0 Å². The van der Waals surface area contributed by atoms with Gasteiger partial charge in [0.05, 0.1) is 11.1 Å². The fraction of sp³-hybridized carbons (Fsp3) is 0.278. The molecule has 1 aromatic carbocycles. The van der Waals surface area contributed by atoms with Crippen LogP contribution in [0, 0.1) is 6.92 Å². The Labute approximate surface area is 149 Å². The van der Waals surface area contributed by atoms with Gasteiger partial charge in [-0.05, 0) is 57.5 Å². The summed E-state index contributed by atoms with van der Waals surface area (Å²) in [6.45, 7) is 7.18. The number of nitrogens with one attached hydrogen (secondary N) is 1. The predicted octanol–water partition coefficient (Wildman–Crippen LogP) is 4.36. The van der Waals surface area contributed by atoms with Crippen LogP contribution in [0.3, 0.4) is 0 Å². The van der Waals surface area contributed by atoms with Gasteiger partial charge in [0.25, 0.3) is 5.91 Å². The van der Waals surface area contributed by atoms with Crippen LogP contribution in [0.1, 0.15) is 47.1 Å². The van der Waals surface area contributed by atoms with E-state index in [1.54, 1.807) is 51.2 Å². The third-order valence-corrected chi connectivity index (χ3v) is 3.58. The largest absolute Gasteiger partial charge is 0.456 e. The molecule has 1 N–H and O–H groups in total. The summed E-state index contributed by atoms with van der Waals surface area (Å²) in [7, 11) is 0. The van der Waals surface area contributed by atoms with Crippen molar-refractivity contribution in [2.45, 2.75) is 33.3 Å². The lowest BCUT2D eigenvalue weighted by Crippen LogP contribution is -2.26. The molecule has 0 bridgehead atoms. The maximum absolute atomic E-state index is 12.6. The molecular formula is C18H19BrN2O3. The Bertz CT molecular complexity index is 782. The van der Waals surface area contributed by atoms with E-state index in [9.17, 15) is 9.59 Å². The molecule has 2 aromatic rings. The second-order valence-corrected chi connectivity index (χ2v) is 7.23. The van der Waals surface area contributed by atoms with E-state index in [2.05, 4.69) is 26.2 Å². The highest BCUT2D eigenvalue weighted by Crippen LogP contribution is 2.21. The summed E-state index contributed by atoms with van der Waals surface area (Å²) in [5.74, 6) is -0.505. The van der Waals surface area contributed by atoms with Crippen LogP contribution < -0.4 is 5.32 Å². The summed E-state index contributed by atoms with van der Waals surface area (Å²) in [6.07, 6.45) is 1.60. The van der Waals surface area contributed by atoms with Gasteiger partial charge in [0.1, 0.15) is 11.4 Å². The molecule has 0 spiro atoms. The minimum Gasteiger partial charge on any atom is -0.456 e. The van der Waals surface area contributed by atoms with Crippen molar-refractivity contribution in [3.63, 3.8) is 0 Å². The van der Waals surface area contributed by atoms with Crippen molar-refractivity contribution in [1.29, 1.82) is 0 Å². The molecule has 126 valence electrons. The number of ether oxygens (including phenoxy) is 1. The molecule has 5 nitrogen and oxygen atoms in total. The van der Waals surface area contributed by atoms with Crippen LogP contribution in [0.2, 0.25) is 0 Å². The van der Waals surface area contributed by atoms with Crippen molar-refractivity contribution >= 4 is 33.6 Å². The first-order chi connectivity index (χ1) is 11.2. The Morgan fingerprint density at radius 3 is 2.50 bits per heavy atom. The molecule has 0 aliphatic carbocycles. The van der Waals surface area contributed by atoms with Gasteiger partial charge >= 0.3 is 5.97 Å². The minimum absolute atomic E-state index is 0.208. The Morgan fingerprint density at radius 2 is 1.88 bits per heavy atom. The molecule has 24 heavy (non-hydrogen) atoms. The topological polar surface area (TPSA) is 68.3 Å². The summed E-state index contributed by atoms with van der Waals surface area (Å²) >= 11 is 3.33. The number of pyridine rings is 1. The summed E-state index contributed by atoms with van der Waals surface area (Å²) in [5.41, 5.74) is 0.623. The van der Waals surface area contributed by atoms with E-state index >= 15 is 0 Å². The van der Waals surface area contributed by atoms with Crippen LogP contribution in [0.15, 0.2) is 41.0 Å². The monoisotopic (exact) mass is 390 g/mol. The highest BCUT2D eigenvalue weighted by atomic mass is 79.9. The normalized spacial score (nSPS) is 11.0. The Kier molecular flexibility index (Phi) is 5.39. The van der Waals surface area contributed by atoms with Crippen LogP contribution in [0.25, 0.3) is 0 Å². The number of aromatic nitrogens is 1. The number of esters is 1. The molecule has 1 amide bonds. The molecule has 0 atom stereocenters. The molecule has 1 heterocycles. The lowest BCUT2D eigenvalue weighted by molar-refractivity contribution is 0.00678. The molecule has 0 aliphatic rings. The fourth-order valence-electron chi connectivity index (χ4n) is 2.01. The summed E-state index contributed by atoms with van der Waals surface area (Å²) in [5, 5.41) is 2.73.